The first-order valence-electron chi connectivity index (χ1n) is 5.69. The Morgan fingerprint density at radius 1 is 0.941 bits per heavy atom. The summed E-state index contributed by atoms with van der Waals surface area (Å²) in [6, 6.07) is 16.6. The van der Waals surface area contributed by atoms with Gasteiger partial charge in [-0.2, -0.15) is 0 Å². The summed E-state index contributed by atoms with van der Waals surface area (Å²) in [5, 5.41) is 0. The van der Waals surface area contributed by atoms with Crippen molar-refractivity contribution in [2.75, 3.05) is 0 Å². The van der Waals surface area contributed by atoms with Gasteiger partial charge in [-0.3, -0.25) is 0 Å². The third kappa shape index (κ3) is 3.00. The molecule has 88 valence electrons. The first kappa shape index (κ1) is 12.4. The molecule has 2 aromatic rings. The number of halogens is 1. The molecule has 2 heteroatoms. The Hall–Kier alpha value is -1.03. The van der Waals surface area contributed by atoms with E-state index in [9.17, 15) is 0 Å². The summed E-state index contributed by atoms with van der Waals surface area (Å²) in [6.07, 6.45) is 0.188. The number of hydrogen-bond acceptors (Lipinski definition) is 1. The van der Waals surface area contributed by atoms with Gasteiger partial charge in [-0.25, -0.2) is 0 Å². The van der Waals surface area contributed by atoms with E-state index in [1.807, 2.05) is 18.2 Å². The fourth-order valence-electron chi connectivity index (χ4n) is 1.71. The van der Waals surface area contributed by atoms with Crippen LogP contribution in [-0.4, -0.2) is 6.10 Å². The second kappa shape index (κ2) is 5.54. The highest BCUT2D eigenvalue weighted by atomic mass is 127. The first-order valence-corrected chi connectivity index (χ1v) is 6.77. The first-order chi connectivity index (χ1) is 8.18. The predicted molar refractivity (Wildman–Crippen MR) is 80.4 cm³/mol. The summed E-state index contributed by atoms with van der Waals surface area (Å²) >= 11 is 2.32. The number of rotatable bonds is 3. The molecule has 0 fully saturated rings. The Labute approximate surface area is 116 Å². The van der Waals surface area contributed by atoms with Crippen LogP contribution in [0.1, 0.15) is 13.8 Å². The van der Waals surface area contributed by atoms with Gasteiger partial charge in [-0.15, -0.1) is 0 Å². The lowest BCUT2D eigenvalue weighted by atomic mass is 10.0. The fraction of sp³-hybridized carbons (Fsp3) is 0.200. The van der Waals surface area contributed by atoms with Crippen LogP contribution in [0.15, 0.2) is 48.5 Å². The summed E-state index contributed by atoms with van der Waals surface area (Å²) in [6.45, 7) is 4.11. The van der Waals surface area contributed by atoms with Crippen LogP contribution < -0.4 is 4.74 Å². The Balaban J connectivity index is 2.50. The van der Waals surface area contributed by atoms with Crippen molar-refractivity contribution in [3.05, 3.63) is 52.1 Å². The van der Waals surface area contributed by atoms with Crippen LogP contribution in [0.5, 0.6) is 5.75 Å². The van der Waals surface area contributed by atoms with Gasteiger partial charge in [-0.05, 0) is 48.1 Å². The molecule has 0 unspecified atom stereocenters. The lowest BCUT2D eigenvalue weighted by Gasteiger charge is -2.16. The van der Waals surface area contributed by atoms with Crippen LogP contribution in [0.25, 0.3) is 11.1 Å². The highest BCUT2D eigenvalue weighted by Crippen LogP contribution is 2.34. The summed E-state index contributed by atoms with van der Waals surface area (Å²) in [5.74, 6) is 0.981. The Bertz CT molecular complexity index is 492. The molecule has 0 spiro atoms. The van der Waals surface area contributed by atoms with Crippen LogP contribution in [-0.2, 0) is 0 Å². The molecule has 17 heavy (non-hydrogen) atoms. The lowest BCUT2D eigenvalue weighted by molar-refractivity contribution is 0.242. The fourth-order valence-corrected chi connectivity index (χ4v) is 2.33. The smallest absolute Gasteiger partial charge is 0.140 e. The van der Waals surface area contributed by atoms with E-state index in [1.165, 1.54) is 5.56 Å². The maximum Gasteiger partial charge on any atom is 0.140 e. The molecule has 0 aliphatic rings. The van der Waals surface area contributed by atoms with Crippen molar-refractivity contribution in [3.8, 4) is 16.9 Å². The van der Waals surface area contributed by atoms with Crippen LogP contribution in [0.3, 0.4) is 0 Å². The van der Waals surface area contributed by atoms with Gasteiger partial charge >= 0.3 is 0 Å². The van der Waals surface area contributed by atoms with E-state index in [1.54, 1.807) is 0 Å². The van der Waals surface area contributed by atoms with Crippen LogP contribution in [0.2, 0.25) is 0 Å². The van der Waals surface area contributed by atoms with Crippen molar-refractivity contribution in [1.29, 1.82) is 0 Å². The summed E-state index contributed by atoms with van der Waals surface area (Å²) in [4.78, 5) is 0. The zero-order chi connectivity index (χ0) is 12.3. The zero-order valence-electron chi connectivity index (χ0n) is 9.98. The van der Waals surface area contributed by atoms with E-state index < -0.39 is 0 Å². The number of ether oxygens (including phenoxy) is 1. The minimum atomic E-state index is 0.188. The lowest BCUT2D eigenvalue weighted by Crippen LogP contribution is -2.07. The SMILES string of the molecule is CC(C)Oc1c(I)cccc1-c1ccccc1. The maximum absolute atomic E-state index is 5.92. The molecule has 2 aromatic carbocycles. The van der Waals surface area contributed by atoms with Gasteiger partial charge in [0.05, 0.1) is 9.67 Å². The van der Waals surface area contributed by atoms with Gasteiger partial charge < -0.3 is 4.74 Å². The minimum Gasteiger partial charge on any atom is -0.489 e. The second-order valence-electron chi connectivity index (χ2n) is 4.15. The average molecular weight is 338 g/mol. The third-order valence-corrected chi connectivity index (χ3v) is 3.25. The van der Waals surface area contributed by atoms with Gasteiger partial charge in [0.1, 0.15) is 5.75 Å². The molecular weight excluding hydrogens is 323 g/mol. The minimum absolute atomic E-state index is 0.188. The van der Waals surface area contributed by atoms with E-state index in [0.29, 0.717) is 0 Å². The van der Waals surface area contributed by atoms with Crippen LogP contribution >= 0.6 is 22.6 Å². The van der Waals surface area contributed by atoms with Gasteiger partial charge in [0.15, 0.2) is 0 Å². The monoisotopic (exact) mass is 338 g/mol. The number of hydrogen-bond donors (Lipinski definition) is 0. The van der Waals surface area contributed by atoms with Crippen molar-refractivity contribution in [2.45, 2.75) is 20.0 Å². The molecule has 2 rings (SSSR count). The maximum atomic E-state index is 5.92. The molecule has 0 radical (unpaired) electrons. The van der Waals surface area contributed by atoms with Crippen molar-refractivity contribution < 1.29 is 4.74 Å². The standard InChI is InChI=1S/C15H15IO/c1-11(2)17-15-13(9-6-10-14(15)16)12-7-4-3-5-8-12/h3-11H,1-2H3. The molecule has 0 bridgehead atoms. The molecule has 0 aromatic heterocycles. The highest BCUT2D eigenvalue weighted by molar-refractivity contribution is 14.1. The normalized spacial score (nSPS) is 10.6. The highest BCUT2D eigenvalue weighted by Gasteiger charge is 2.10. The third-order valence-electron chi connectivity index (χ3n) is 2.41. The number of para-hydroxylation sites is 1. The molecule has 0 heterocycles. The van der Waals surface area contributed by atoms with Gasteiger partial charge in [0.2, 0.25) is 0 Å². The summed E-state index contributed by atoms with van der Waals surface area (Å²) < 4.78 is 7.07. The van der Waals surface area contributed by atoms with Crippen molar-refractivity contribution >= 4 is 22.6 Å². The summed E-state index contributed by atoms with van der Waals surface area (Å²) in [5.41, 5.74) is 2.35. The molecule has 0 saturated carbocycles. The molecule has 0 atom stereocenters. The molecule has 0 N–H and O–H groups in total. The average Bonchev–Trinajstić information content (AvgIpc) is 2.32. The van der Waals surface area contributed by atoms with Crippen LogP contribution in [0.4, 0.5) is 0 Å². The van der Waals surface area contributed by atoms with E-state index in [0.717, 1.165) is 14.9 Å². The van der Waals surface area contributed by atoms with Gasteiger partial charge in [-0.1, -0.05) is 42.5 Å². The Morgan fingerprint density at radius 2 is 1.65 bits per heavy atom. The molecular formula is C15H15IO. The largest absolute Gasteiger partial charge is 0.489 e. The predicted octanol–water partition coefficient (Wildman–Crippen LogP) is 4.75. The quantitative estimate of drug-likeness (QED) is 0.734. The van der Waals surface area contributed by atoms with Gasteiger partial charge in [0.25, 0.3) is 0 Å². The van der Waals surface area contributed by atoms with Crippen molar-refractivity contribution in [3.63, 3.8) is 0 Å². The zero-order valence-corrected chi connectivity index (χ0v) is 12.1. The van der Waals surface area contributed by atoms with E-state index >= 15 is 0 Å². The van der Waals surface area contributed by atoms with E-state index in [-0.39, 0.29) is 6.10 Å². The molecule has 0 saturated heterocycles. The van der Waals surface area contributed by atoms with Crippen LogP contribution in [0, 0.1) is 3.57 Å². The summed E-state index contributed by atoms with van der Waals surface area (Å²) in [7, 11) is 0. The Morgan fingerprint density at radius 3 is 2.29 bits per heavy atom. The van der Waals surface area contributed by atoms with Crippen molar-refractivity contribution in [1.82, 2.24) is 0 Å². The molecule has 1 nitrogen and oxygen atoms in total. The molecule has 0 amide bonds. The molecule has 0 aliphatic heterocycles. The number of benzene rings is 2. The topological polar surface area (TPSA) is 9.23 Å². The van der Waals surface area contributed by atoms with Gasteiger partial charge in [0, 0.05) is 5.56 Å². The second-order valence-corrected chi connectivity index (χ2v) is 5.31. The van der Waals surface area contributed by atoms with E-state index in [4.69, 9.17) is 4.74 Å². The Kier molecular flexibility index (Phi) is 4.05. The molecule has 0 aliphatic carbocycles. The van der Waals surface area contributed by atoms with Crippen molar-refractivity contribution in [2.24, 2.45) is 0 Å². The van der Waals surface area contributed by atoms with E-state index in [2.05, 4.69) is 66.8 Å².